The minimum absolute atomic E-state index is 0.427. The molecule has 0 aliphatic carbocycles. The van der Waals surface area contributed by atoms with E-state index < -0.39 is 0 Å². The number of hydrogen-bond acceptors (Lipinski definition) is 4. The molecule has 4 heteroatoms. The third kappa shape index (κ3) is 3.29. The van der Waals surface area contributed by atoms with Gasteiger partial charge in [-0.2, -0.15) is 23.5 Å². The minimum atomic E-state index is 0.427. The van der Waals surface area contributed by atoms with Crippen molar-refractivity contribution >= 4 is 23.5 Å². The van der Waals surface area contributed by atoms with E-state index in [1.807, 2.05) is 0 Å². The van der Waals surface area contributed by atoms with E-state index in [1.165, 1.54) is 29.6 Å². The lowest BCUT2D eigenvalue weighted by Crippen LogP contribution is -2.51. The van der Waals surface area contributed by atoms with Gasteiger partial charge in [-0.15, -0.1) is 0 Å². The monoisotopic (exact) mass is 247 g/mol. The first kappa shape index (κ1) is 12.1. The van der Waals surface area contributed by atoms with Gasteiger partial charge in [0.25, 0.3) is 0 Å². The summed E-state index contributed by atoms with van der Waals surface area (Å²) in [5.74, 6) is 5.27. The Balaban J connectivity index is 1.80. The zero-order chi connectivity index (χ0) is 10.7. The number of thioether (sulfide) groups is 2. The van der Waals surface area contributed by atoms with Crippen LogP contribution >= 0.6 is 23.5 Å². The molecule has 0 spiro atoms. The van der Waals surface area contributed by atoms with Crippen molar-refractivity contribution in [3.63, 3.8) is 0 Å². The first-order valence-electron chi connectivity index (χ1n) is 5.63. The molecule has 0 aromatic rings. The molecule has 0 aromatic heterocycles. The largest absolute Gasteiger partial charge is 0.380 e. The van der Waals surface area contributed by atoms with Crippen LogP contribution in [0, 0.1) is 5.41 Å². The van der Waals surface area contributed by atoms with Gasteiger partial charge < -0.3 is 9.64 Å². The molecule has 0 N–H and O–H groups in total. The van der Waals surface area contributed by atoms with Gasteiger partial charge in [-0.1, -0.05) is 6.92 Å². The molecule has 0 radical (unpaired) electrons. The lowest BCUT2D eigenvalue weighted by atomic mass is 9.88. The summed E-state index contributed by atoms with van der Waals surface area (Å²) in [6.07, 6.45) is 0. The maximum absolute atomic E-state index is 5.31. The van der Waals surface area contributed by atoms with E-state index in [9.17, 15) is 0 Å². The van der Waals surface area contributed by atoms with Crippen LogP contribution in [-0.2, 0) is 4.74 Å². The normalized spacial score (nSPS) is 27.4. The Kier molecular flexibility index (Phi) is 4.27. The fourth-order valence-corrected chi connectivity index (χ4v) is 4.85. The molecule has 2 fully saturated rings. The number of rotatable bonds is 3. The van der Waals surface area contributed by atoms with Crippen LogP contribution in [-0.4, -0.2) is 60.8 Å². The average molecular weight is 247 g/mol. The highest BCUT2D eigenvalue weighted by molar-refractivity contribution is 8.03. The van der Waals surface area contributed by atoms with Gasteiger partial charge in [-0.3, -0.25) is 0 Å². The van der Waals surface area contributed by atoms with Gasteiger partial charge in [-0.05, 0) is 7.05 Å². The average Bonchev–Trinajstić information content (AvgIpc) is 2.43. The van der Waals surface area contributed by atoms with Gasteiger partial charge in [0, 0.05) is 41.0 Å². The first-order valence-corrected chi connectivity index (χ1v) is 7.94. The molecule has 2 nitrogen and oxygen atoms in total. The Bertz CT molecular complexity index is 201. The molecule has 0 saturated carbocycles. The molecular weight excluding hydrogens is 226 g/mol. The molecule has 15 heavy (non-hydrogen) atoms. The molecule has 0 aromatic carbocycles. The van der Waals surface area contributed by atoms with Crippen LogP contribution in [0.4, 0.5) is 0 Å². The Morgan fingerprint density at radius 3 is 2.33 bits per heavy atom. The topological polar surface area (TPSA) is 12.5 Å². The van der Waals surface area contributed by atoms with E-state index >= 15 is 0 Å². The molecule has 2 saturated heterocycles. The highest BCUT2D eigenvalue weighted by atomic mass is 32.2. The number of hydrogen-bond donors (Lipinski definition) is 0. The van der Waals surface area contributed by atoms with E-state index in [4.69, 9.17) is 4.74 Å². The third-order valence-electron chi connectivity index (χ3n) is 3.15. The highest BCUT2D eigenvalue weighted by Crippen LogP contribution is 2.29. The van der Waals surface area contributed by atoms with Gasteiger partial charge in [0.05, 0.1) is 13.2 Å². The van der Waals surface area contributed by atoms with E-state index in [0.29, 0.717) is 5.41 Å². The second-order valence-electron chi connectivity index (χ2n) is 5.02. The standard InChI is InChI=1S/C11H21NOS2/c1-11(8-13-9-11)7-12(2)10-5-14-3-4-15-6-10/h10H,3-9H2,1-2H3. The zero-order valence-corrected chi connectivity index (χ0v) is 11.3. The fourth-order valence-electron chi connectivity index (χ4n) is 2.13. The predicted octanol–water partition coefficient (Wildman–Crippen LogP) is 1.80. The fraction of sp³-hybridized carbons (Fsp3) is 1.00. The Morgan fingerprint density at radius 2 is 1.87 bits per heavy atom. The van der Waals surface area contributed by atoms with Gasteiger partial charge in [0.2, 0.25) is 0 Å². The summed E-state index contributed by atoms with van der Waals surface area (Å²) in [5.41, 5.74) is 0.427. The van der Waals surface area contributed by atoms with Crippen molar-refractivity contribution in [1.29, 1.82) is 0 Å². The summed E-state index contributed by atoms with van der Waals surface area (Å²) in [4.78, 5) is 2.55. The minimum Gasteiger partial charge on any atom is -0.380 e. The SMILES string of the molecule is CN(CC1(C)COC1)C1CSCCSC1. The van der Waals surface area contributed by atoms with Crippen molar-refractivity contribution in [2.45, 2.75) is 13.0 Å². The molecule has 2 rings (SSSR count). The molecule has 0 unspecified atom stereocenters. The lowest BCUT2D eigenvalue weighted by Gasteiger charge is -2.42. The van der Waals surface area contributed by atoms with Crippen molar-refractivity contribution in [3.05, 3.63) is 0 Å². The predicted molar refractivity (Wildman–Crippen MR) is 70.0 cm³/mol. The van der Waals surface area contributed by atoms with Gasteiger partial charge in [-0.25, -0.2) is 0 Å². The maximum Gasteiger partial charge on any atom is 0.0554 e. The summed E-state index contributed by atoms with van der Waals surface area (Å²) in [6, 6.07) is 0.764. The van der Waals surface area contributed by atoms with Gasteiger partial charge in [0.15, 0.2) is 0 Å². The summed E-state index contributed by atoms with van der Waals surface area (Å²) in [7, 11) is 2.28. The smallest absolute Gasteiger partial charge is 0.0554 e. The molecule has 88 valence electrons. The van der Waals surface area contributed by atoms with Crippen LogP contribution in [0.2, 0.25) is 0 Å². The summed E-state index contributed by atoms with van der Waals surface area (Å²) in [5, 5.41) is 0. The van der Waals surface area contributed by atoms with E-state index in [-0.39, 0.29) is 0 Å². The third-order valence-corrected chi connectivity index (χ3v) is 5.63. The number of nitrogens with zero attached hydrogens (tertiary/aromatic N) is 1. The van der Waals surface area contributed by atoms with E-state index in [2.05, 4.69) is 42.4 Å². The van der Waals surface area contributed by atoms with E-state index in [1.54, 1.807) is 0 Å². The van der Waals surface area contributed by atoms with Crippen LogP contribution in [0.5, 0.6) is 0 Å². The second-order valence-corrected chi connectivity index (χ2v) is 7.32. The molecule has 0 bridgehead atoms. The van der Waals surface area contributed by atoms with Crippen LogP contribution in [0.3, 0.4) is 0 Å². The van der Waals surface area contributed by atoms with Crippen LogP contribution in [0.25, 0.3) is 0 Å². The highest BCUT2D eigenvalue weighted by Gasteiger charge is 2.35. The molecule has 0 amide bonds. The van der Waals surface area contributed by atoms with Gasteiger partial charge >= 0.3 is 0 Å². The molecule has 2 aliphatic heterocycles. The van der Waals surface area contributed by atoms with Crippen LogP contribution in [0.1, 0.15) is 6.92 Å². The van der Waals surface area contributed by atoms with E-state index in [0.717, 1.165) is 19.3 Å². The van der Waals surface area contributed by atoms with Crippen molar-refractivity contribution in [1.82, 2.24) is 4.90 Å². The Morgan fingerprint density at radius 1 is 1.27 bits per heavy atom. The molecule has 2 aliphatic rings. The summed E-state index contributed by atoms with van der Waals surface area (Å²) >= 11 is 4.22. The number of ether oxygens (including phenoxy) is 1. The van der Waals surface area contributed by atoms with Crippen molar-refractivity contribution in [2.24, 2.45) is 5.41 Å². The van der Waals surface area contributed by atoms with Crippen LogP contribution in [0.15, 0.2) is 0 Å². The lowest BCUT2D eigenvalue weighted by molar-refractivity contribution is -0.114. The molecular formula is C11H21NOS2. The second kappa shape index (κ2) is 5.30. The van der Waals surface area contributed by atoms with Crippen molar-refractivity contribution in [3.8, 4) is 0 Å². The first-order chi connectivity index (χ1) is 7.20. The van der Waals surface area contributed by atoms with Crippen molar-refractivity contribution < 1.29 is 4.74 Å². The quantitative estimate of drug-likeness (QED) is 0.753. The molecule has 0 atom stereocenters. The molecule has 2 heterocycles. The van der Waals surface area contributed by atoms with Gasteiger partial charge in [0.1, 0.15) is 0 Å². The summed E-state index contributed by atoms with van der Waals surface area (Å²) in [6.45, 7) is 5.43. The van der Waals surface area contributed by atoms with Crippen molar-refractivity contribution in [2.75, 3.05) is 49.8 Å². The maximum atomic E-state index is 5.31. The Hall–Kier alpha value is 0.620. The zero-order valence-electron chi connectivity index (χ0n) is 9.70. The Labute approximate surface area is 101 Å². The van der Waals surface area contributed by atoms with Crippen LogP contribution < -0.4 is 0 Å². The summed E-state index contributed by atoms with van der Waals surface area (Å²) < 4.78 is 5.31.